The summed E-state index contributed by atoms with van der Waals surface area (Å²) >= 11 is 7.23. The van der Waals surface area contributed by atoms with Crippen molar-refractivity contribution in [3.8, 4) is 0 Å². The van der Waals surface area contributed by atoms with Gasteiger partial charge in [0.05, 0.1) is 5.75 Å². The number of thioether (sulfide) groups is 1. The zero-order chi connectivity index (χ0) is 16.2. The summed E-state index contributed by atoms with van der Waals surface area (Å²) in [5, 5.41) is 0.673. The van der Waals surface area contributed by atoms with Crippen molar-refractivity contribution in [3.63, 3.8) is 0 Å². The van der Waals surface area contributed by atoms with Crippen LogP contribution in [0.25, 0.3) is 0 Å². The van der Waals surface area contributed by atoms with E-state index in [0.29, 0.717) is 17.4 Å². The van der Waals surface area contributed by atoms with Crippen LogP contribution in [0, 0.1) is 17.8 Å². The Morgan fingerprint density at radius 2 is 1.83 bits per heavy atom. The summed E-state index contributed by atoms with van der Waals surface area (Å²) in [5.74, 6) is 2.05. The molecule has 6 heteroatoms. The normalized spacial score (nSPS) is 25.3. The molecule has 0 radical (unpaired) electrons. The molecule has 0 spiro atoms. The van der Waals surface area contributed by atoms with E-state index in [1.807, 2.05) is 12.1 Å². The van der Waals surface area contributed by atoms with Gasteiger partial charge < -0.3 is 0 Å². The van der Waals surface area contributed by atoms with Crippen molar-refractivity contribution in [3.05, 3.63) is 29.3 Å². The fourth-order valence-corrected chi connectivity index (χ4v) is 4.60. The molecular weight excluding hydrogens is 332 g/mol. The molecule has 2 amide bonds. The predicted molar refractivity (Wildman–Crippen MR) is 92.0 cm³/mol. The first-order valence-electron chi connectivity index (χ1n) is 8.06. The van der Waals surface area contributed by atoms with E-state index in [1.54, 1.807) is 12.1 Å². The van der Waals surface area contributed by atoms with E-state index < -0.39 is 0 Å². The number of rotatable bonds is 5. The van der Waals surface area contributed by atoms with E-state index in [-0.39, 0.29) is 17.6 Å². The first kappa shape index (κ1) is 16.7. The number of carbonyl (C=O) groups is 2. The van der Waals surface area contributed by atoms with Gasteiger partial charge in [-0.05, 0) is 61.3 Å². The van der Waals surface area contributed by atoms with Crippen LogP contribution in [0.2, 0.25) is 5.02 Å². The van der Waals surface area contributed by atoms with Gasteiger partial charge in [-0.1, -0.05) is 18.0 Å². The van der Waals surface area contributed by atoms with Crippen molar-refractivity contribution in [1.29, 1.82) is 0 Å². The molecule has 3 rings (SSSR count). The summed E-state index contributed by atoms with van der Waals surface area (Å²) in [4.78, 5) is 24.7. The highest BCUT2D eigenvalue weighted by atomic mass is 35.5. The van der Waals surface area contributed by atoms with Crippen LogP contribution in [-0.2, 0) is 9.59 Å². The average Bonchev–Trinajstić information content (AvgIpc) is 3.15. The van der Waals surface area contributed by atoms with Gasteiger partial charge >= 0.3 is 0 Å². The molecule has 2 saturated carbocycles. The van der Waals surface area contributed by atoms with E-state index in [4.69, 9.17) is 11.6 Å². The maximum atomic E-state index is 11.9. The Bertz CT molecular complexity index is 578. The van der Waals surface area contributed by atoms with Gasteiger partial charge in [0.2, 0.25) is 11.8 Å². The van der Waals surface area contributed by atoms with Crippen LogP contribution in [0.5, 0.6) is 0 Å². The van der Waals surface area contributed by atoms with Crippen molar-refractivity contribution in [2.75, 3.05) is 5.75 Å². The van der Waals surface area contributed by atoms with Crippen molar-refractivity contribution in [1.82, 2.24) is 10.9 Å². The highest BCUT2D eigenvalue weighted by Gasteiger charge is 2.40. The summed E-state index contributed by atoms with van der Waals surface area (Å²) in [5.41, 5.74) is 5.04. The third-order valence-electron chi connectivity index (χ3n) is 4.86. The van der Waals surface area contributed by atoms with Gasteiger partial charge in [0.25, 0.3) is 0 Å². The summed E-state index contributed by atoms with van der Waals surface area (Å²) < 4.78 is 0. The fraction of sp³-hybridized carbons (Fsp3) is 0.529. The fourth-order valence-electron chi connectivity index (χ4n) is 3.77. The number of hydrogen-bond donors (Lipinski definition) is 2. The first-order chi connectivity index (χ1) is 11.1. The van der Waals surface area contributed by atoms with Crippen molar-refractivity contribution in [2.45, 2.75) is 37.0 Å². The Morgan fingerprint density at radius 3 is 2.48 bits per heavy atom. The molecule has 0 aromatic heterocycles. The summed E-state index contributed by atoms with van der Waals surface area (Å²) in [6.07, 6.45) is 5.61. The lowest BCUT2D eigenvalue weighted by Crippen LogP contribution is -2.43. The summed E-state index contributed by atoms with van der Waals surface area (Å²) in [7, 11) is 0. The van der Waals surface area contributed by atoms with E-state index in [9.17, 15) is 9.59 Å². The Hall–Kier alpha value is -1.20. The molecule has 2 bridgehead atoms. The van der Waals surface area contributed by atoms with Crippen LogP contribution >= 0.6 is 23.4 Å². The Balaban J connectivity index is 1.34. The highest BCUT2D eigenvalue weighted by Crippen LogP contribution is 2.49. The minimum atomic E-state index is -0.203. The van der Waals surface area contributed by atoms with Gasteiger partial charge in [0.1, 0.15) is 0 Å². The second kappa shape index (κ2) is 7.58. The number of carbonyl (C=O) groups excluding carboxylic acids is 2. The van der Waals surface area contributed by atoms with E-state index in [2.05, 4.69) is 10.9 Å². The second-order valence-corrected chi connectivity index (χ2v) is 7.96. The topological polar surface area (TPSA) is 58.2 Å². The molecule has 2 aliphatic rings. The van der Waals surface area contributed by atoms with E-state index in [1.165, 1.54) is 37.4 Å². The molecule has 1 aromatic carbocycles. The molecule has 23 heavy (non-hydrogen) atoms. The second-order valence-electron chi connectivity index (χ2n) is 6.48. The molecule has 2 fully saturated rings. The third kappa shape index (κ3) is 4.64. The predicted octanol–water partition coefficient (Wildman–Crippen LogP) is 3.41. The number of amides is 2. The molecule has 1 aromatic rings. The van der Waals surface area contributed by atoms with Gasteiger partial charge in [-0.2, -0.15) is 0 Å². The van der Waals surface area contributed by atoms with Crippen molar-refractivity contribution < 1.29 is 9.59 Å². The van der Waals surface area contributed by atoms with Crippen LogP contribution in [0.15, 0.2) is 29.2 Å². The lowest BCUT2D eigenvalue weighted by atomic mass is 9.86. The zero-order valence-corrected chi connectivity index (χ0v) is 14.5. The van der Waals surface area contributed by atoms with Gasteiger partial charge in [-0.15, -0.1) is 11.8 Å². The minimum Gasteiger partial charge on any atom is -0.273 e. The lowest BCUT2D eigenvalue weighted by molar-refractivity contribution is -0.128. The summed E-state index contributed by atoms with van der Waals surface area (Å²) in [6, 6.07) is 7.32. The van der Waals surface area contributed by atoms with Crippen molar-refractivity contribution in [2.24, 2.45) is 17.8 Å². The van der Waals surface area contributed by atoms with Gasteiger partial charge in [0, 0.05) is 16.3 Å². The van der Waals surface area contributed by atoms with E-state index >= 15 is 0 Å². The van der Waals surface area contributed by atoms with Gasteiger partial charge in [-0.3, -0.25) is 20.4 Å². The third-order valence-corrected chi connectivity index (χ3v) is 6.12. The van der Waals surface area contributed by atoms with Crippen LogP contribution in [0.3, 0.4) is 0 Å². The van der Waals surface area contributed by atoms with Crippen LogP contribution in [-0.4, -0.2) is 17.6 Å². The zero-order valence-electron chi connectivity index (χ0n) is 12.9. The Kier molecular flexibility index (Phi) is 5.49. The van der Waals surface area contributed by atoms with Crippen LogP contribution in [0.1, 0.15) is 32.1 Å². The molecule has 2 N–H and O–H groups in total. The maximum Gasteiger partial charge on any atom is 0.248 e. The molecule has 2 aliphatic carbocycles. The molecule has 0 heterocycles. The number of hydrogen-bond acceptors (Lipinski definition) is 3. The molecule has 4 nitrogen and oxygen atoms in total. The standard InChI is InChI=1S/C17H21ClN2O2S/c18-14-3-5-15(6-4-14)23-10-17(22)20-19-16(21)9-13-8-11-1-2-12(13)7-11/h3-6,11-13H,1-2,7-10H2,(H,19,21)(H,20,22). The maximum absolute atomic E-state index is 11.9. The quantitative estimate of drug-likeness (QED) is 0.630. The average molecular weight is 353 g/mol. The number of hydrazine groups is 1. The monoisotopic (exact) mass is 352 g/mol. The number of benzene rings is 1. The lowest BCUT2D eigenvalue weighted by Gasteiger charge is -2.20. The Morgan fingerprint density at radius 1 is 1.09 bits per heavy atom. The largest absolute Gasteiger partial charge is 0.273 e. The number of nitrogens with one attached hydrogen (secondary N) is 2. The van der Waals surface area contributed by atoms with Crippen LogP contribution in [0.4, 0.5) is 0 Å². The number of halogens is 1. The van der Waals surface area contributed by atoms with Crippen LogP contribution < -0.4 is 10.9 Å². The highest BCUT2D eigenvalue weighted by molar-refractivity contribution is 8.00. The Labute approximate surface area is 145 Å². The minimum absolute atomic E-state index is 0.0765. The SMILES string of the molecule is O=C(CSc1ccc(Cl)cc1)NNC(=O)CC1CC2CCC1C2. The smallest absolute Gasteiger partial charge is 0.248 e. The molecule has 3 unspecified atom stereocenters. The molecule has 3 atom stereocenters. The molecule has 124 valence electrons. The molecule has 0 saturated heterocycles. The first-order valence-corrected chi connectivity index (χ1v) is 9.42. The molecule has 0 aliphatic heterocycles. The molecular formula is C17H21ClN2O2S. The van der Waals surface area contributed by atoms with Crippen molar-refractivity contribution >= 4 is 35.2 Å². The summed E-state index contributed by atoms with van der Waals surface area (Å²) in [6.45, 7) is 0. The van der Waals surface area contributed by atoms with Gasteiger partial charge in [-0.25, -0.2) is 0 Å². The van der Waals surface area contributed by atoms with E-state index in [0.717, 1.165) is 16.7 Å². The van der Waals surface area contributed by atoms with Gasteiger partial charge in [0.15, 0.2) is 0 Å². The number of fused-ring (bicyclic) bond motifs is 2.